The molecule has 0 radical (unpaired) electrons. The molecule has 1 amide bonds. The van der Waals surface area contributed by atoms with Crippen molar-refractivity contribution in [2.45, 2.75) is 12.1 Å². The van der Waals surface area contributed by atoms with Crippen molar-refractivity contribution >= 4 is 35.0 Å². The van der Waals surface area contributed by atoms with Gasteiger partial charge in [0.2, 0.25) is 5.91 Å². The number of rotatable bonds is 8. The van der Waals surface area contributed by atoms with Crippen LogP contribution in [0.2, 0.25) is 5.02 Å². The fraction of sp³-hybridized carbons (Fsp3) is 0.130. The Balaban J connectivity index is 1.53. The molecule has 0 aliphatic heterocycles. The maximum atomic E-state index is 12.5. The molecule has 0 saturated heterocycles. The van der Waals surface area contributed by atoms with Crippen LogP contribution in [0.15, 0.2) is 78.2 Å². The monoisotopic (exact) mass is 465 g/mol. The zero-order valence-electron chi connectivity index (χ0n) is 17.2. The largest absolute Gasteiger partial charge is 0.494 e. The summed E-state index contributed by atoms with van der Waals surface area (Å²) in [6, 6.07) is 18.4. The van der Waals surface area contributed by atoms with E-state index < -0.39 is 0 Å². The number of hydrogen-bond acceptors (Lipinski definition) is 6. The lowest BCUT2D eigenvalue weighted by Crippen LogP contribution is -2.14. The van der Waals surface area contributed by atoms with Gasteiger partial charge in [-0.25, -0.2) is 0 Å². The molecular weight excluding hydrogens is 446 g/mol. The zero-order valence-corrected chi connectivity index (χ0v) is 18.8. The van der Waals surface area contributed by atoms with Crippen LogP contribution >= 0.6 is 23.4 Å². The Kier molecular flexibility index (Phi) is 7.03. The van der Waals surface area contributed by atoms with Crippen LogP contribution in [0.1, 0.15) is 6.92 Å². The average molecular weight is 466 g/mol. The number of ether oxygens (including phenoxy) is 1. The minimum absolute atomic E-state index is 0.148. The summed E-state index contributed by atoms with van der Waals surface area (Å²) in [4.78, 5) is 16.6. The number of pyridine rings is 1. The van der Waals surface area contributed by atoms with E-state index >= 15 is 0 Å². The summed E-state index contributed by atoms with van der Waals surface area (Å²) in [6.45, 7) is 2.52. The first-order valence-corrected chi connectivity index (χ1v) is 11.3. The third-order valence-electron chi connectivity index (χ3n) is 4.42. The highest BCUT2D eigenvalue weighted by Gasteiger charge is 2.17. The summed E-state index contributed by atoms with van der Waals surface area (Å²) in [5, 5.41) is 12.8. The van der Waals surface area contributed by atoms with Gasteiger partial charge in [0, 0.05) is 28.7 Å². The number of anilines is 1. The molecule has 0 atom stereocenters. The van der Waals surface area contributed by atoms with Crippen molar-refractivity contribution < 1.29 is 9.53 Å². The predicted molar refractivity (Wildman–Crippen MR) is 127 cm³/mol. The number of nitrogens with zero attached hydrogens (tertiary/aromatic N) is 4. The van der Waals surface area contributed by atoms with E-state index in [0.717, 1.165) is 17.0 Å². The van der Waals surface area contributed by atoms with Crippen molar-refractivity contribution in [2.75, 3.05) is 17.7 Å². The molecule has 0 spiro atoms. The fourth-order valence-electron chi connectivity index (χ4n) is 3.03. The number of halogens is 1. The van der Waals surface area contributed by atoms with Gasteiger partial charge < -0.3 is 10.1 Å². The van der Waals surface area contributed by atoms with Crippen molar-refractivity contribution in [1.82, 2.24) is 19.7 Å². The molecule has 1 N–H and O–H groups in total. The molecule has 2 heterocycles. The Morgan fingerprint density at radius 2 is 1.88 bits per heavy atom. The maximum absolute atomic E-state index is 12.5. The molecule has 32 heavy (non-hydrogen) atoms. The number of thioether (sulfide) groups is 1. The quantitative estimate of drug-likeness (QED) is 0.364. The average Bonchev–Trinajstić information content (AvgIpc) is 3.24. The molecule has 2 aromatic carbocycles. The van der Waals surface area contributed by atoms with E-state index in [-0.39, 0.29) is 11.7 Å². The summed E-state index contributed by atoms with van der Waals surface area (Å²) in [5.41, 5.74) is 2.37. The number of nitrogens with one attached hydrogen (secondary N) is 1. The SMILES string of the molecule is CCOc1ccc(NC(=O)CSc2nnc(-c3ccncc3)n2-c2cccc(Cl)c2)cc1. The molecule has 0 fully saturated rings. The minimum atomic E-state index is -0.148. The Labute approximate surface area is 194 Å². The van der Waals surface area contributed by atoms with Gasteiger partial charge in [0.25, 0.3) is 0 Å². The Morgan fingerprint density at radius 1 is 1.09 bits per heavy atom. The van der Waals surface area contributed by atoms with Gasteiger partial charge in [0.15, 0.2) is 11.0 Å². The standard InChI is InChI=1S/C23H20ClN5O2S/c1-2-31-20-8-6-18(7-9-20)26-21(30)15-32-23-28-27-22(16-10-12-25-13-11-16)29(23)19-5-3-4-17(24)14-19/h3-14H,2,15H2,1H3,(H,26,30). The lowest BCUT2D eigenvalue weighted by molar-refractivity contribution is -0.113. The lowest BCUT2D eigenvalue weighted by Gasteiger charge is -2.11. The van der Waals surface area contributed by atoms with Gasteiger partial charge in [-0.05, 0) is 61.5 Å². The molecular formula is C23H20ClN5O2S. The molecule has 0 unspecified atom stereocenters. The van der Waals surface area contributed by atoms with Crippen LogP contribution in [0.5, 0.6) is 5.75 Å². The smallest absolute Gasteiger partial charge is 0.234 e. The summed E-state index contributed by atoms with van der Waals surface area (Å²) in [7, 11) is 0. The molecule has 7 nitrogen and oxygen atoms in total. The molecule has 9 heteroatoms. The molecule has 0 saturated carbocycles. The van der Waals surface area contributed by atoms with Crippen LogP contribution in [-0.2, 0) is 4.79 Å². The van der Waals surface area contributed by atoms with Gasteiger partial charge in [-0.2, -0.15) is 0 Å². The number of carbonyl (C=O) groups is 1. The second-order valence-corrected chi connectivity index (χ2v) is 8.03. The highest BCUT2D eigenvalue weighted by atomic mass is 35.5. The van der Waals surface area contributed by atoms with Crippen molar-refractivity contribution in [1.29, 1.82) is 0 Å². The normalized spacial score (nSPS) is 10.7. The summed E-state index contributed by atoms with van der Waals surface area (Å²) < 4.78 is 7.31. The molecule has 0 bridgehead atoms. The molecule has 0 aliphatic carbocycles. The topological polar surface area (TPSA) is 81.9 Å². The van der Waals surface area contributed by atoms with Gasteiger partial charge in [-0.15, -0.1) is 10.2 Å². The van der Waals surface area contributed by atoms with Crippen LogP contribution in [-0.4, -0.2) is 38.0 Å². The van der Waals surface area contributed by atoms with Gasteiger partial charge in [0.05, 0.1) is 18.0 Å². The Morgan fingerprint density at radius 3 is 2.59 bits per heavy atom. The van der Waals surface area contributed by atoms with E-state index in [1.165, 1.54) is 11.8 Å². The van der Waals surface area contributed by atoms with Crippen molar-refractivity contribution in [2.24, 2.45) is 0 Å². The second-order valence-electron chi connectivity index (χ2n) is 6.65. The Bertz CT molecular complexity index is 1200. The number of amides is 1. The number of aromatic nitrogens is 4. The van der Waals surface area contributed by atoms with Gasteiger partial charge in [-0.1, -0.05) is 29.4 Å². The van der Waals surface area contributed by atoms with E-state index in [1.807, 2.05) is 66.1 Å². The minimum Gasteiger partial charge on any atom is -0.494 e. The van der Waals surface area contributed by atoms with E-state index in [4.69, 9.17) is 16.3 Å². The molecule has 162 valence electrons. The van der Waals surface area contributed by atoms with Crippen LogP contribution in [0.3, 0.4) is 0 Å². The van der Waals surface area contributed by atoms with Gasteiger partial charge in [-0.3, -0.25) is 14.3 Å². The third-order valence-corrected chi connectivity index (χ3v) is 5.58. The highest BCUT2D eigenvalue weighted by molar-refractivity contribution is 7.99. The Hall–Kier alpha value is -3.36. The van der Waals surface area contributed by atoms with E-state index in [0.29, 0.717) is 28.3 Å². The van der Waals surface area contributed by atoms with E-state index in [2.05, 4.69) is 20.5 Å². The molecule has 0 aliphatic rings. The van der Waals surface area contributed by atoms with Crippen LogP contribution in [0.4, 0.5) is 5.69 Å². The van der Waals surface area contributed by atoms with Gasteiger partial charge >= 0.3 is 0 Å². The van der Waals surface area contributed by atoms with Crippen LogP contribution < -0.4 is 10.1 Å². The number of hydrogen-bond donors (Lipinski definition) is 1. The second kappa shape index (κ2) is 10.3. The summed E-state index contributed by atoms with van der Waals surface area (Å²) >= 11 is 7.51. The first-order valence-electron chi connectivity index (χ1n) is 9.91. The van der Waals surface area contributed by atoms with Crippen LogP contribution in [0.25, 0.3) is 17.1 Å². The molecule has 4 aromatic rings. The number of carbonyl (C=O) groups excluding carboxylic acids is 1. The third kappa shape index (κ3) is 5.27. The van der Waals surface area contributed by atoms with Crippen molar-refractivity contribution in [3.8, 4) is 22.8 Å². The number of benzene rings is 2. The maximum Gasteiger partial charge on any atom is 0.234 e. The van der Waals surface area contributed by atoms with Crippen molar-refractivity contribution in [3.05, 3.63) is 78.1 Å². The van der Waals surface area contributed by atoms with Crippen molar-refractivity contribution in [3.63, 3.8) is 0 Å². The zero-order chi connectivity index (χ0) is 22.3. The van der Waals surface area contributed by atoms with Gasteiger partial charge in [0.1, 0.15) is 5.75 Å². The van der Waals surface area contributed by atoms with Crippen LogP contribution in [0, 0.1) is 0 Å². The lowest BCUT2D eigenvalue weighted by atomic mass is 10.2. The first-order chi connectivity index (χ1) is 15.6. The summed E-state index contributed by atoms with van der Waals surface area (Å²) in [6.07, 6.45) is 3.40. The first kappa shape index (κ1) is 21.9. The highest BCUT2D eigenvalue weighted by Crippen LogP contribution is 2.29. The van der Waals surface area contributed by atoms with E-state index in [9.17, 15) is 4.79 Å². The fourth-order valence-corrected chi connectivity index (χ4v) is 3.96. The predicted octanol–water partition coefficient (Wildman–Crippen LogP) is 5.11. The van der Waals surface area contributed by atoms with E-state index in [1.54, 1.807) is 18.5 Å². The molecule has 4 rings (SSSR count). The summed E-state index contributed by atoms with van der Waals surface area (Å²) in [5.74, 6) is 1.43. The molecule has 2 aromatic heterocycles.